The number of aliphatic carboxylic acids is 1. The van der Waals surface area contributed by atoms with Crippen LogP contribution < -0.4 is 0 Å². The monoisotopic (exact) mass is 452 g/mol. The third kappa shape index (κ3) is 21.7. The van der Waals surface area contributed by atoms with Crippen LogP contribution in [-0.4, -0.2) is 42.9 Å². The summed E-state index contributed by atoms with van der Waals surface area (Å²) in [6.07, 6.45) is 8.50. The number of carboxylic acid groups (broad SMARTS) is 1. The Bertz CT molecular complexity index is 287. The van der Waals surface area contributed by atoms with Crippen molar-refractivity contribution in [3.8, 4) is 0 Å². The van der Waals surface area contributed by atoms with Crippen LogP contribution in [0.2, 0.25) is 13.3 Å². The third-order valence-corrected chi connectivity index (χ3v) is 14.3. The van der Waals surface area contributed by atoms with Crippen molar-refractivity contribution in [3.05, 3.63) is 0 Å². The van der Waals surface area contributed by atoms with Crippen molar-refractivity contribution in [1.29, 1.82) is 0 Å². The fourth-order valence-electron chi connectivity index (χ4n) is 2.44. The summed E-state index contributed by atoms with van der Waals surface area (Å²) in [5.74, 6) is -1.44. The van der Waals surface area contributed by atoms with E-state index in [0.29, 0.717) is 0 Å². The molecule has 0 rings (SSSR count). The number of hydrogen-bond acceptors (Lipinski definition) is 3. The van der Waals surface area contributed by atoms with Crippen molar-refractivity contribution in [2.24, 2.45) is 0 Å². The van der Waals surface area contributed by atoms with Gasteiger partial charge in [0.1, 0.15) is 0 Å². The molecule has 0 atom stereocenters. The molecule has 0 saturated heterocycles. The molecule has 5 heteroatoms. The van der Waals surface area contributed by atoms with Crippen LogP contribution in [0.3, 0.4) is 0 Å². The van der Waals surface area contributed by atoms with Gasteiger partial charge in [-0.15, -0.1) is 0 Å². The van der Waals surface area contributed by atoms with Crippen molar-refractivity contribution in [3.63, 3.8) is 0 Å². The molecule has 0 saturated carbocycles. The summed E-state index contributed by atoms with van der Waals surface area (Å²) < 4.78 is 9.78. The molecule has 0 aliphatic heterocycles. The number of carboxylic acids is 1. The molecule has 0 aromatic carbocycles. The number of esters is 1. The molecular formula is C19H40O4Sn. The van der Waals surface area contributed by atoms with Gasteiger partial charge in [-0.1, -0.05) is 0 Å². The first-order valence-corrected chi connectivity index (χ1v) is 16.8. The van der Waals surface area contributed by atoms with Gasteiger partial charge in [-0.25, -0.2) is 0 Å². The Kier molecular flexibility index (Phi) is 20.6. The van der Waals surface area contributed by atoms with E-state index in [9.17, 15) is 9.59 Å². The zero-order chi connectivity index (χ0) is 18.8. The molecule has 1 N–H and O–H groups in total. The molecule has 0 aromatic rings. The van der Waals surface area contributed by atoms with Gasteiger partial charge in [0.2, 0.25) is 0 Å². The van der Waals surface area contributed by atoms with Crippen LogP contribution in [0, 0.1) is 0 Å². The number of hydrogen-bond donors (Lipinski definition) is 1. The van der Waals surface area contributed by atoms with Crippen LogP contribution in [0.15, 0.2) is 0 Å². The summed E-state index contributed by atoms with van der Waals surface area (Å²) >= 11 is -0.967. The summed E-state index contributed by atoms with van der Waals surface area (Å²) in [7, 11) is 0. The molecule has 4 nitrogen and oxygen atoms in total. The van der Waals surface area contributed by atoms with Gasteiger partial charge in [-0.3, -0.25) is 9.59 Å². The quantitative estimate of drug-likeness (QED) is 0.300. The van der Waals surface area contributed by atoms with Gasteiger partial charge >= 0.3 is 104 Å². The summed E-state index contributed by atoms with van der Waals surface area (Å²) in [6, 6.07) is 0. The Balaban J connectivity index is 0. The van der Waals surface area contributed by atoms with E-state index < -0.39 is 31.7 Å². The summed E-state index contributed by atoms with van der Waals surface area (Å²) in [5.41, 5.74) is 0. The van der Waals surface area contributed by atoms with Crippen LogP contribution >= 0.6 is 0 Å². The molecule has 144 valence electrons. The number of carbonyl (C=O) groups excluding carboxylic acids is 1. The number of carbonyl (C=O) groups is 2. The van der Waals surface area contributed by atoms with Crippen molar-refractivity contribution in [1.82, 2.24) is 0 Å². The van der Waals surface area contributed by atoms with E-state index in [1.807, 2.05) is 0 Å². The van der Waals surface area contributed by atoms with Gasteiger partial charge in [0.25, 0.3) is 0 Å². The third-order valence-electron chi connectivity index (χ3n) is 3.81. The minimum absolute atomic E-state index is 0.0481. The molecule has 0 amide bonds. The Morgan fingerprint density at radius 2 is 1.29 bits per heavy atom. The van der Waals surface area contributed by atoms with Crippen molar-refractivity contribution in [2.45, 2.75) is 105 Å². The zero-order valence-electron chi connectivity index (χ0n) is 16.6. The predicted octanol–water partition coefficient (Wildman–Crippen LogP) is 5.42. The van der Waals surface area contributed by atoms with Crippen LogP contribution in [0.1, 0.15) is 86.0 Å². The normalized spacial score (nSPS) is 10.5. The van der Waals surface area contributed by atoms with Gasteiger partial charge in [0.05, 0.1) is 18.9 Å². The standard InChI is InChI=1S/C7H12O4.3C4H9.Sn.H/c1-5(2)11-7(10)4-3-6(8)9;3*1-3-4-2;;/h5H,3-4H2,1-2H3,(H,8,9);3*1,3-4H2,2H3;;. The molecule has 0 fully saturated rings. The van der Waals surface area contributed by atoms with E-state index in [-0.39, 0.29) is 18.9 Å². The van der Waals surface area contributed by atoms with E-state index in [0.717, 1.165) is 0 Å². The Morgan fingerprint density at radius 1 is 0.875 bits per heavy atom. The minimum atomic E-state index is -0.981. The Morgan fingerprint density at radius 3 is 1.58 bits per heavy atom. The summed E-state index contributed by atoms with van der Waals surface area (Å²) in [4.78, 5) is 20.7. The van der Waals surface area contributed by atoms with Gasteiger partial charge in [0, 0.05) is 0 Å². The average molecular weight is 451 g/mol. The molecule has 0 aromatic heterocycles. The maximum atomic E-state index is 10.7. The van der Waals surface area contributed by atoms with Crippen LogP contribution in [0.5, 0.6) is 0 Å². The summed E-state index contributed by atoms with van der Waals surface area (Å²) in [5, 5.41) is 8.19. The topological polar surface area (TPSA) is 63.6 Å². The van der Waals surface area contributed by atoms with E-state index in [1.165, 1.54) is 38.5 Å². The number of ether oxygens (including phenoxy) is 1. The van der Waals surface area contributed by atoms with E-state index >= 15 is 0 Å². The molecule has 0 bridgehead atoms. The Hall–Kier alpha value is -0.261. The van der Waals surface area contributed by atoms with Crippen LogP contribution in [0.4, 0.5) is 0 Å². The van der Waals surface area contributed by atoms with Crippen molar-refractivity contribution >= 4 is 31.7 Å². The summed E-state index contributed by atoms with van der Waals surface area (Å²) in [6.45, 7) is 10.4. The molecule has 0 unspecified atom stereocenters. The molecule has 0 spiro atoms. The predicted molar refractivity (Wildman–Crippen MR) is 104 cm³/mol. The second-order valence-electron chi connectivity index (χ2n) is 6.73. The van der Waals surface area contributed by atoms with Gasteiger partial charge in [-0.2, -0.15) is 0 Å². The molecule has 0 heterocycles. The van der Waals surface area contributed by atoms with Gasteiger partial charge < -0.3 is 9.84 Å². The fourth-order valence-corrected chi connectivity index (χ4v) is 13.4. The van der Waals surface area contributed by atoms with E-state index in [4.69, 9.17) is 9.84 Å². The van der Waals surface area contributed by atoms with Gasteiger partial charge in [0.15, 0.2) is 0 Å². The zero-order valence-corrected chi connectivity index (χ0v) is 19.9. The molecule has 0 aliphatic rings. The number of unbranched alkanes of at least 4 members (excludes halogenated alkanes) is 3. The van der Waals surface area contributed by atoms with Crippen LogP contribution in [0.25, 0.3) is 0 Å². The van der Waals surface area contributed by atoms with E-state index in [1.54, 1.807) is 27.2 Å². The first-order valence-electron chi connectivity index (χ1n) is 9.78. The van der Waals surface area contributed by atoms with Crippen molar-refractivity contribution < 1.29 is 19.4 Å². The van der Waals surface area contributed by atoms with Gasteiger partial charge in [-0.05, 0) is 13.8 Å². The SMILES string of the molecule is CC(C)OC(=O)CCC(=O)O.CCC[CH2][SnH]([CH2]CCC)[CH2]CCC. The molecule has 0 radical (unpaired) electrons. The first kappa shape index (κ1) is 26.0. The average Bonchev–Trinajstić information content (AvgIpc) is 2.52. The second kappa shape index (κ2) is 19.1. The maximum absolute atomic E-state index is 10.7. The molecule has 24 heavy (non-hydrogen) atoms. The Labute approximate surface area is 156 Å². The van der Waals surface area contributed by atoms with Crippen molar-refractivity contribution in [2.75, 3.05) is 0 Å². The number of rotatable bonds is 13. The first-order chi connectivity index (χ1) is 11.4. The second-order valence-corrected chi connectivity index (χ2v) is 16.6. The molecular weight excluding hydrogens is 411 g/mol. The van der Waals surface area contributed by atoms with Crippen LogP contribution in [-0.2, 0) is 14.3 Å². The molecule has 0 aliphatic carbocycles. The fraction of sp³-hybridized carbons (Fsp3) is 0.895. The van der Waals surface area contributed by atoms with E-state index in [2.05, 4.69) is 20.8 Å².